The molecule has 0 N–H and O–H groups in total. The second-order valence-corrected chi connectivity index (χ2v) is 6.54. The molecule has 0 radical (unpaired) electrons. The molecule has 1 amide bonds. The second-order valence-electron chi connectivity index (χ2n) is 6.54. The maximum Gasteiger partial charge on any atom is 0.257 e. The molecule has 0 aliphatic carbocycles. The van der Waals surface area contributed by atoms with Crippen molar-refractivity contribution >= 4 is 5.91 Å². The number of hydrogen-bond donors (Lipinski definition) is 0. The van der Waals surface area contributed by atoms with Crippen LogP contribution in [0, 0.1) is 5.82 Å². The molecular weight excluding hydrogens is 361 g/mol. The van der Waals surface area contributed by atoms with Crippen LogP contribution < -0.4 is 9.47 Å². The molecule has 4 rings (SSSR count). The average Bonchev–Trinajstić information content (AvgIpc) is 3.14. The van der Waals surface area contributed by atoms with Crippen molar-refractivity contribution in [3.05, 3.63) is 77.2 Å². The highest BCUT2D eigenvalue weighted by molar-refractivity contribution is 5.94. The Kier molecular flexibility index (Phi) is 4.97. The Labute approximate surface area is 162 Å². The fourth-order valence-electron chi connectivity index (χ4n) is 3.18. The standard InChI is InChI=1S/C21H20FN3O3/c1-27-17-7-8-18(19(22)12-17)21(26)24-9-10-25-16(13-24)11-20(23-25)28-14-15-5-3-2-4-6-15/h2-8,11-12H,9-10,13-14H2,1H3. The van der Waals surface area contributed by atoms with Gasteiger partial charge in [-0.05, 0) is 17.7 Å². The molecule has 2 heterocycles. The quantitative estimate of drug-likeness (QED) is 0.681. The van der Waals surface area contributed by atoms with E-state index in [9.17, 15) is 9.18 Å². The average molecular weight is 381 g/mol. The zero-order valence-electron chi connectivity index (χ0n) is 15.5. The fraction of sp³-hybridized carbons (Fsp3) is 0.238. The van der Waals surface area contributed by atoms with Gasteiger partial charge in [0.05, 0.1) is 31.5 Å². The van der Waals surface area contributed by atoms with Crippen molar-refractivity contribution in [2.24, 2.45) is 0 Å². The van der Waals surface area contributed by atoms with Crippen molar-refractivity contribution in [3.63, 3.8) is 0 Å². The minimum Gasteiger partial charge on any atom is -0.497 e. The van der Waals surface area contributed by atoms with E-state index in [4.69, 9.17) is 9.47 Å². The predicted octanol–water partition coefficient (Wildman–Crippen LogP) is 3.27. The van der Waals surface area contributed by atoms with E-state index in [-0.39, 0.29) is 11.5 Å². The summed E-state index contributed by atoms with van der Waals surface area (Å²) in [5.74, 6) is -0.0376. The van der Waals surface area contributed by atoms with Gasteiger partial charge in [-0.25, -0.2) is 4.39 Å². The number of carbonyl (C=O) groups is 1. The van der Waals surface area contributed by atoms with Crippen molar-refractivity contribution in [2.75, 3.05) is 13.7 Å². The number of aromatic nitrogens is 2. The topological polar surface area (TPSA) is 56.6 Å². The van der Waals surface area contributed by atoms with E-state index in [0.29, 0.717) is 37.9 Å². The van der Waals surface area contributed by atoms with Crippen LogP contribution in [0.1, 0.15) is 21.6 Å². The first-order valence-electron chi connectivity index (χ1n) is 9.00. The summed E-state index contributed by atoms with van der Waals surface area (Å²) < 4.78 is 26.8. The van der Waals surface area contributed by atoms with E-state index in [2.05, 4.69) is 5.10 Å². The third kappa shape index (κ3) is 3.69. The van der Waals surface area contributed by atoms with Crippen LogP contribution in [0.25, 0.3) is 0 Å². The molecule has 3 aromatic rings. The summed E-state index contributed by atoms with van der Waals surface area (Å²) in [6.07, 6.45) is 0. The molecule has 1 aromatic heterocycles. The summed E-state index contributed by atoms with van der Waals surface area (Å²) in [7, 11) is 1.46. The van der Waals surface area contributed by atoms with Gasteiger partial charge in [0.2, 0.25) is 5.88 Å². The van der Waals surface area contributed by atoms with E-state index >= 15 is 0 Å². The maximum atomic E-state index is 14.2. The first-order chi connectivity index (χ1) is 13.6. The third-order valence-electron chi connectivity index (χ3n) is 4.70. The molecule has 28 heavy (non-hydrogen) atoms. The third-order valence-corrected chi connectivity index (χ3v) is 4.70. The predicted molar refractivity (Wildman–Crippen MR) is 101 cm³/mol. The van der Waals surface area contributed by atoms with Crippen LogP contribution in [0.15, 0.2) is 54.6 Å². The van der Waals surface area contributed by atoms with Crippen molar-refractivity contribution in [1.29, 1.82) is 0 Å². The smallest absolute Gasteiger partial charge is 0.257 e. The van der Waals surface area contributed by atoms with Gasteiger partial charge in [-0.1, -0.05) is 30.3 Å². The van der Waals surface area contributed by atoms with Crippen LogP contribution in [0.2, 0.25) is 0 Å². The van der Waals surface area contributed by atoms with Crippen LogP contribution in [0.4, 0.5) is 4.39 Å². The summed E-state index contributed by atoms with van der Waals surface area (Å²) in [4.78, 5) is 14.3. The first kappa shape index (κ1) is 18.0. The van der Waals surface area contributed by atoms with E-state index in [0.717, 1.165) is 11.3 Å². The van der Waals surface area contributed by atoms with Crippen LogP contribution in [0.5, 0.6) is 11.6 Å². The van der Waals surface area contributed by atoms with Crippen molar-refractivity contribution in [1.82, 2.24) is 14.7 Å². The molecule has 0 fully saturated rings. The summed E-state index contributed by atoms with van der Waals surface area (Å²) >= 11 is 0. The number of amides is 1. The van der Waals surface area contributed by atoms with E-state index in [1.54, 1.807) is 11.0 Å². The van der Waals surface area contributed by atoms with Crippen LogP contribution >= 0.6 is 0 Å². The molecule has 0 saturated carbocycles. The minimum absolute atomic E-state index is 0.0364. The molecule has 1 aliphatic rings. The van der Waals surface area contributed by atoms with E-state index < -0.39 is 5.82 Å². The lowest BCUT2D eigenvalue weighted by molar-refractivity contribution is 0.0701. The normalized spacial score (nSPS) is 13.1. The second kappa shape index (κ2) is 7.72. The van der Waals surface area contributed by atoms with Gasteiger partial charge in [0, 0.05) is 18.7 Å². The highest BCUT2D eigenvalue weighted by Crippen LogP contribution is 2.23. The van der Waals surface area contributed by atoms with E-state index in [1.165, 1.54) is 19.2 Å². The first-order valence-corrected chi connectivity index (χ1v) is 9.00. The number of methoxy groups -OCH3 is 1. The lowest BCUT2D eigenvalue weighted by Gasteiger charge is -2.27. The van der Waals surface area contributed by atoms with E-state index in [1.807, 2.05) is 41.1 Å². The van der Waals surface area contributed by atoms with Crippen molar-refractivity contribution < 1.29 is 18.7 Å². The minimum atomic E-state index is -0.588. The zero-order valence-corrected chi connectivity index (χ0v) is 15.5. The summed E-state index contributed by atoms with van der Waals surface area (Å²) in [5, 5.41) is 4.44. The Morgan fingerprint density at radius 2 is 1.96 bits per heavy atom. The fourth-order valence-corrected chi connectivity index (χ4v) is 3.18. The number of hydrogen-bond acceptors (Lipinski definition) is 4. The van der Waals surface area contributed by atoms with Crippen molar-refractivity contribution in [3.8, 4) is 11.6 Å². The number of nitrogens with zero attached hydrogens (tertiary/aromatic N) is 3. The highest BCUT2D eigenvalue weighted by Gasteiger charge is 2.25. The SMILES string of the molecule is COc1ccc(C(=O)N2CCn3nc(OCc4ccccc4)cc3C2)c(F)c1. The van der Waals surface area contributed by atoms with Crippen LogP contribution in [-0.4, -0.2) is 34.2 Å². The number of rotatable bonds is 5. The molecule has 6 nitrogen and oxygen atoms in total. The number of halogens is 1. The van der Waals surface area contributed by atoms with Gasteiger partial charge in [-0.3, -0.25) is 9.48 Å². The molecule has 144 valence electrons. The van der Waals surface area contributed by atoms with Gasteiger partial charge < -0.3 is 14.4 Å². The Morgan fingerprint density at radius 1 is 1.14 bits per heavy atom. The Bertz CT molecular complexity index is 988. The van der Waals surface area contributed by atoms with Gasteiger partial charge in [-0.2, -0.15) is 0 Å². The zero-order chi connectivity index (χ0) is 19.5. The monoisotopic (exact) mass is 381 g/mol. The van der Waals surface area contributed by atoms with Gasteiger partial charge in [0.15, 0.2) is 0 Å². The van der Waals surface area contributed by atoms with Crippen LogP contribution in [0.3, 0.4) is 0 Å². The summed E-state index contributed by atoms with van der Waals surface area (Å²) in [5.41, 5.74) is 1.95. The van der Waals surface area contributed by atoms with Gasteiger partial charge in [0.25, 0.3) is 5.91 Å². The molecule has 0 atom stereocenters. The van der Waals surface area contributed by atoms with Gasteiger partial charge >= 0.3 is 0 Å². The van der Waals surface area contributed by atoms with Gasteiger partial charge in [-0.15, -0.1) is 5.10 Å². The molecule has 0 saturated heterocycles. The summed E-state index contributed by atoms with van der Waals surface area (Å²) in [6.45, 7) is 1.77. The number of benzene rings is 2. The molecule has 7 heteroatoms. The van der Waals surface area contributed by atoms with Crippen LogP contribution in [-0.2, 0) is 19.7 Å². The highest BCUT2D eigenvalue weighted by atomic mass is 19.1. The number of ether oxygens (including phenoxy) is 2. The molecular formula is C21H20FN3O3. The molecule has 0 unspecified atom stereocenters. The Morgan fingerprint density at radius 3 is 2.71 bits per heavy atom. The largest absolute Gasteiger partial charge is 0.497 e. The van der Waals surface area contributed by atoms with Gasteiger partial charge in [0.1, 0.15) is 18.2 Å². The maximum absolute atomic E-state index is 14.2. The molecule has 0 bridgehead atoms. The summed E-state index contributed by atoms with van der Waals surface area (Å²) in [6, 6.07) is 15.9. The number of fused-ring (bicyclic) bond motifs is 1. The van der Waals surface area contributed by atoms with Crippen molar-refractivity contribution in [2.45, 2.75) is 19.7 Å². The lowest BCUT2D eigenvalue weighted by atomic mass is 10.1. The lowest BCUT2D eigenvalue weighted by Crippen LogP contribution is -2.38. The molecule has 2 aromatic carbocycles. The molecule has 1 aliphatic heterocycles. The Hall–Kier alpha value is -3.35. The number of carbonyl (C=O) groups excluding carboxylic acids is 1. The molecule has 0 spiro atoms. The Balaban J connectivity index is 1.44.